The summed E-state index contributed by atoms with van der Waals surface area (Å²) in [6.45, 7) is 3.67. The maximum Gasteiger partial charge on any atom is 0.255 e. The summed E-state index contributed by atoms with van der Waals surface area (Å²) in [7, 11) is 0. The van der Waals surface area contributed by atoms with E-state index < -0.39 is 0 Å². The molecule has 1 aliphatic rings. The van der Waals surface area contributed by atoms with Gasteiger partial charge in [-0.05, 0) is 47.8 Å². The number of carbonyl (C=O) groups is 1. The fraction of sp³-hybridized carbons (Fsp3) is 0.462. The van der Waals surface area contributed by atoms with Crippen LogP contribution in [0.5, 0.6) is 0 Å². The third-order valence-electron chi connectivity index (χ3n) is 3.00. The third kappa shape index (κ3) is 3.10. The van der Waals surface area contributed by atoms with Gasteiger partial charge < -0.3 is 4.90 Å². The Labute approximate surface area is 119 Å². The molecule has 1 atom stereocenters. The van der Waals surface area contributed by atoms with Gasteiger partial charge in [-0.2, -0.15) is 0 Å². The zero-order valence-electron chi connectivity index (χ0n) is 9.75. The molecule has 17 heavy (non-hydrogen) atoms. The van der Waals surface area contributed by atoms with E-state index in [0.29, 0.717) is 4.83 Å². The lowest BCUT2D eigenvalue weighted by Gasteiger charge is -2.30. The molecule has 1 aromatic carbocycles. The van der Waals surface area contributed by atoms with Crippen molar-refractivity contribution < 1.29 is 4.79 Å². The number of carbonyl (C=O) groups excluding carboxylic acids is 1. The van der Waals surface area contributed by atoms with Crippen molar-refractivity contribution >= 4 is 37.8 Å². The maximum absolute atomic E-state index is 12.4. The molecule has 1 aliphatic heterocycles. The molecule has 0 saturated carbocycles. The summed E-state index contributed by atoms with van der Waals surface area (Å²) in [6.07, 6.45) is 2.23. The Morgan fingerprint density at radius 1 is 1.47 bits per heavy atom. The molecule has 0 aromatic heterocycles. The van der Waals surface area contributed by atoms with Gasteiger partial charge in [0, 0.05) is 22.4 Å². The minimum atomic E-state index is 0.129. The summed E-state index contributed by atoms with van der Waals surface area (Å²) in [5.74, 6) is 0.129. The molecule has 92 valence electrons. The van der Waals surface area contributed by atoms with Crippen molar-refractivity contribution in [3.05, 3.63) is 33.8 Å². The topological polar surface area (TPSA) is 20.3 Å². The standard InChI is InChI=1S/C13H15Br2NO/c1-9-4-5-12(15)11(7-9)13(17)16-6-2-3-10(14)8-16/h4-5,7,10H,2-3,6,8H2,1H3. The molecule has 1 saturated heterocycles. The van der Waals surface area contributed by atoms with Crippen LogP contribution in [-0.2, 0) is 0 Å². The number of hydrogen-bond donors (Lipinski definition) is 0. The van der Waals surface area contributed by atoms with E-state index in [1.807, 2.05) is 30.0 Å². The minimum Gasteiger partial charge on any atom is -0.337 e. The molecule has 1 fully saturated rings. The number of amides is 1. The van der Waals surface area contributed by atoms with Gasteiger partial charge in [-0.25, -0.2) is 0 Å². The van der Waals surface area contributed by atoms with Gasteiger partial charge in [0.15, 0.2) is 0 Å². The number of halogens is 2. The Bertz CT molecular complexity index is 433. The van der Waals surface area contributed by atoms with Crippen molar-refractivity contribution in [2.45, 2.75) is 24.6 Å². The summed E-state index contributed by atoms with van der Waals surface area (Å²) in [5.41, 5.74) is 1.88. The predicted molar refractivity (Wildman–Crippen MR) is 76.7 cm³/mol. The normalized spacial score (nSPS) is 20.4. The molecule has 4 heteroatoms. The zero-order chi connectivity index (χ0) is 12.4. The first-order valence-electron chi connectivity index (χ1n) is 5.77. The number of rotatable bonds is 1. The van der Waals surface area contributed by atoms with Crippen LogP contribution in [-0.4, -0.2) is 28.7 Å². The largest absolute Gasteiger partial charge is 0.337 e. The second kappa shape index (κ2) is 5.53. The molecule has 1 aromatic rings. The molecule has 0 spiro atoms. The average molecular weight is 361 g/mol. The Morgan fingerprint density at radius 2 is 2.24 bits per heavy atom. The van der Waals surface area contributed by atoms with Gasteiger partial charge in [0.2, 0.25) is 0 Å². The molecule has 2 nitrogen and oxygen atoms in total. The predicted octanol–water partition coefficient (Wildman–Crippen LogP) is 3.76. The summed E-state index contributed by atoms with van der Waals surface area (Å²) >= 11 is 7.05. The van der Waals surface area contributed by atoms with Gasteiger partial charge in [-0.1, -0.05) is 27.6 Å². The quantitative estimate of drug-likeness (QED) is 0.698. The van der Waals surface area contributed by atoms with E-state index in [9.17, 15) is 4.79 Å². The highest BCUT2D eigenvalue weighted by Gasteiger charge is 2.24. The lowest BCUT2D eigenvalue weighted by atomic mass is 10.1. The van der Waals surface area contributed by atoms with E-state index in [0.717, 1.165) is 41.5 Å². The highest BCUT2D eigenvalue weighted by Crippen LogP contribution is 2.23. The summed E-state index contributed by atoms with van der Waals surface area (Å²) in [6, 6.07) is 5.90. The average Bonchev–Trinajstić information content (AvgIpc) is 2.31. The van der Waals surface area contributed by atoms with Crippen LogP contribution in [0.1, 0.15) is 28.8 Å². The van der Waals surface area contributed by atoms with E-state index in [1.165, 1.54) is 0 Å². The number of likely N-dealkylation sites (tertiary alicyclic amines) is 1. The van der Waals surface area contributed by atoms with Crippen molar-refractivity contribution in [3.63, 3.8) is 0 Å². The van der Waals surface area contributed by atoms with Crippen molar-refractivity contribution in [2.75, 3.05) is 13.1 Å². The Hall–Kier alpha value is -0.350. The van der Waals surface area contributed by atoms with Crippen LogP contribution in [0.3, 0.4) is 0 Å². The fourth-order valence-electron chi connectivity index (χ4n) is 2.08. The van der Waals surface area contributed by atoms with E-state index in [-0.39, 0.29) is 5.91 Å². The molecule has 0 bridgehead atoms. The van der Waals surface area contributed by atoms with Gasteiger partial charge >= 0.3 is 0 Å². The summed E-state index contributed by atoms with van der Waals surface area (Å²) < 4.78 is 0.879. The monoisotopic (exact) mass is 359 g/mol. The van der Waals surface area contributed by atoms with E-state index in [4.69, 9.17) is 0 Å². The molecule has 0 radical (unpaired) electrons. The van der Waals surface area contributed by atoms with Crippen molar-refractivity contribution in [1.82, 2.24) is 4.90 Å². The summed E-state index contributed by atoms with van der Waals surface area (Å²) in [4.78, 5) is 14.8. The third-order valence-corrected chi connectivity index (χ3v) is 4.44. The highest BCUT2D eigenvalue weighted by molar-refractivity contribution is 9.10. The smallest absolute Gasteiger partial charge is 0.255 e. The maximum atomic E-state index is 12.4. The Balaban J connectivity index is 2.21. The van der Waals surface area contributed by atoms with Gasteiger partial charge in [0.05, 0.1) is 5.56 Å². The van der Waals surface area contributed by atoms with Gasteiger partial charge in [0.25, 0.3) is 5.91 Å². The van der Waals surface area contributed by atoms with Crippen LogP contribution in [0.4, 0.5) is 0 Å². The van der Waals surface area contributed by atoms with E-state index in [1.54, 1.807) is 0 Å². The van der Waals surface area contributed by atoms with Crippen LogP contribution in [0, 0.1) is 6.92 Å². The molecule has 1 heterocycles. The second-order valence-electron chi connectivity index (χ2n) is 4.47. The number of alkyl halides is 1. The van der Waals surface area contributed by atoms with Gasteiger partial charge in [-0.3, -0.25) is 4.79 Å². The van der Waals surface area contributed by atoms with Gasteiger partial charge in [0.1, 0.15) is 0 Å². The van der Waals surface area contributed by atoms with Crippen LogP contribution in [0.2, 0.25) is 0 Å². The van der Waals surface area contributed by atoms with Gasteiger partial charge in [-0.15, -0.1) is 0 Å². The summed E-state index contributed by atoms with van der Waals surface area (Å²) in [5, 5.41) is 0. The number of hydrogen-bond acceptors (Lipinski definition) is 1. The lowest BCUT2D eigenvalue weighted by Crippen LogP contribution is -2.40. The molecule has 0 N–H and O–H groups in total. The molecular formula is C13H15Br2NO. The lowest BCUT2D eigenvalue weighted by molar-refractivity contribution is 0.0729. The number of nitrogens with zero attached hydrogens (tertiary/aromatic N) is 1. The van der Waals surface area contributed by atoms with Crippen LogP contribution in [0.25, 0.3) is 0 Å². The number of aryl methyl sites for hydroxylation is 1. The SMILES string of the molecule is Cc1ccc(Br)c(C(=O)N2CCCC(Br)C2)c1. The molecular weight excluding hydrogens is 346 g/mol. The zero-order valence-corrected chi connectivity index (χ0v) is 12.9. The molecule has 1 unspecified atom stereocenters. The number of piperidine rings is 1. The first-order valence-corrected chi connectivity index (χ1v) is 7.48. The van der Waals surface area contributed by atoms with Crippen molar-refractivity contribution in [3.8, 4) is 0 Å². The molecule has 1 amide bonds. The van der Waals surface area contributed by atoms with Crippen LogP contribution >= 0.6 is 31.9 Å². The Morgan fingerprint density at radius 3 is 2.94 bits per heavy atom. The van der Waals surface area contributed by atoms with Crippen LogP contribution < -0.4 is 0 Å². The fourth-order valence-corrected chi connectivity index (χ4v) is 3.17. The first kappa shape index (κ1) is 13.1. The Kier molecular flexibility index (Phi) is 4.26. The highest BCUT2D eigenvalue weighted by atomic mass is 79.9. The second-order valence-corrected chi connectivity index (χ2v) is 6.62. The molecule has 2 rings (SSSR count). The van der Waals surface area contributed by atoms with Crippen molar-refractivity contribution in [1.29, 1.82) is 0 Å². The minimum absolute atomic E-state index is 0.129. The van der Waals surface area contributed by atoms with Crippen LogP contribution in [0.15, 0.2) is 22.7 Å². The van der Waals surface area contributed by atoms with E-state index in [2.05, 4.69) is 31.9 Å². The van der Waals surface area contributed by atoms with Crippen molar-refractivity contribution in [2.24, 2.45) is 0 Å². The van der Waals surface area contributed by atoms with E-state index >= 15 is 0 Å². The first-order chi connectivity index (χ1) is 8.08. The number of benzene rings is 1. The molecule has 0 aliphatic carbocycles.